The lowest BCUT2D eigenvalue weighted by Crippen LogP contribution is -2.55. The molecule has 2 aromatic heterocycles. The molecule has 2 rings (SSSR count). The Kier molecular flexibility index (Phi) is 12.4. The van der Waals surface area contributed by atoms with E-state index in [1.807, 2.05) is 6.92 Å². The van der Waals surface area contributed by atoms with E-state index in [1.165, 1.54) is 0 Å². The van der Waals surface area contributed by atoms with E-state index in [0.29, 0.717) is 35.7 Å². The molecule has 0 aliphatic carbocycles. The molecule has 0 radical (unpaired) electrons. The second-order valence-electron chi connectivity index (χ2n) is 8.70. The van der Waals surface area contributed by atoms with Crippen molar-refractivity contribution >= 4 is 11.9 Å². The number of esters is 2. The van der Waals surface area contributed by atoms with Crippen LogP contribution >= 0.6 is 0 Å². The topological polar surface area (TPSA) is 225 Å². The Labute approximate surface area is 230 Å². The van der Waals surface area contributed by atoms with Crippen LogP contribution in [0.3, 0.4) is 0 Å². The van der Waals surface area contributed by atoms with E-state index in [9.17, 15) is 38.4 Å². The van der Waals surface area contributed by atoms with Crippen molar-refractivity contribution < 1.29 is 29.3 Å². The zero-order valence-electron chi connectivity index (χ0n) is 22.9. The molecule has 0 unspecified atom stereocenters. The average molecular weight is 587 g/mol. The number of rotatable bonds is 16. The van der Waals surface area contributed by atoms with Gasteiger partial charge in [-0.15, -0.1) is 0 Å². The number of aliphatic hydroxyl groups is 2. The number of carbonyl (C=O) groups is 2. The second-order valence-corrected chi connectivity index (χ2v) is 8.70. The Balaban J connectivity index is 2.24. The van der Waals surface area contributed by atoms with E-state index >= 15 is 0 Å². The molecule has 0 amide bonds. The number of aromatic nitrogens is 6. The van der Waals surface area contributed by atoms with Gasteiger partial charge in [0.25, 0.3) is 0 Å². The lowest BCUT2D eigenvalue weighted by molar-refractivity contribution is -0.144. The summed E-state index contributed by atoms with van der Waals surface area (Å²) < 4.78 is 13.6. The van der Waals surface area contributed by atoms with Crippen LogP contribution in [0.1, 0.15) is 32.6 Å². The standard InChI is InChI=1S/C23H34N6O12/c1-3-4-7-24-18(34)25(8-5-16(32)40-2)20(36)26(19(24)35)9-6-17(33)41-15-12-29-22(38)27(10-13-30)21(37)28(11-14-31)23(29)39/h30-31H,3-15H2,1-2H3. The van der Waals surface area contributed by atoms with E-state index in [-0.39, 0.29) is 19.5 Å². The second kappa shape index (κ2) is 15.5. The van der Waals surface area contributed by atoms with Crippen molar-refractivity contribution in [1.29, 1.82) is 0 Å². The van der Waals surface area contributed by atoms with Crippen LogP contribution in [0.4, 0.5) is 0 Å². The first-order valence-corrected chi connectivity index (χ1v) is 12.9. The molecule has 0 spiro atoms. The third-order valence-corrected chi connectivity index (χ3v) is 6.04. The molecule has 2 N–H and O–H groups in total. The van der Waals surface area contributed by atoms with Gasteiger partial charge in [0.1, 0.15) is 6.61 Å². The third kappa shape index (κ3) is 7.88. The van der Waals surface area contributed by atoms with Gasteiger partial charge < -0.3 is 19.7 Å². The van der Waals surface area contributed by atoms with Crippen LogP contribution in [-0.2, 0) is 58.3 Å². The van der Waals surface area contributed by atoms with E-state index in [1.54, 1.807) is 0 Å². The maximum atomic E-state index is 12.9. The van der Waals surface area contributed by atoms with Crippen molar-refractivity contribution in [3.05, 3.63) is 62.9 Å². The molecule has 0 atom stereocenters. The number of methoxy groups -OCH3 is 1. The number of hydrogen-bond acceptors (Lipinski definition) is 12. The summed E-state index contributed by atoms with van der Waals surface area (Å²) in [6, 6.07) is 0. The average Bonchev–Trinajstić information content (AvgIpc) is 2.94. The van der Waals surface area contributed by atoms with Crippen molar-refractivity contribution in [2.75, 3.05) is 26.9 Å². The van der Waals surface area contributed by atoms with E-state index in [0.717, 1.165) is 11.7 Å². The first-order chi connectivity index (χ1) is 19.5. The summed E-state index contributed by atoms with van der Waals surface area (Å²) in [6.07, 6.45) is 0.305. The molecule has 2 heterocycles. The zero-order chi connectivity index (χ0) is 30.7. The molecule has 228 valence electrons. The summed E-state index contributed by atoms with van der Waals surface area (Å²) in [7, 11) is 1.14. The number of unbranched alkanes of at least 4 members (excludes halogenated alkanes) is 1. The molecule has 0 saturated heterocycles. The normalized spacial score (nSPS) is 11.0. The summed E-state index contributed by atoms with van der Waals surface area (Å²) in [5.74, 6) is -1.58. The highest BCUT2D eigenvalue weighted by molar-refractivity contribution is 5.69. The maximum absolute atomic E-state index is 12.9. The molecule has 0 aromatic carbocycles. The lowest BCUT2D eigenvalue weighted by atomic mass is 10.3. The summed E-state index contributed by atoms with van der Waals surface area (Å²) in [6.45, 7) is -1.89. The molecule has 2 aromatic rings. The van der Waals surface area contributed by atoms with E-state index in [4.69, 9.17) is 14.9 Å². The Morgan fingerprint density at radius 2 is 0.951 bits per heavy atom. The van der Waals surface area contributed by atoms with Crippen molar-refractivity contribution in [2.45, 2.75) is 71.9 Å². The smallest absolute Gasteiger partial charge is 0.336 e. The minimum atomic E-state index is -1.05. The van der Waals surface area contributed by atoms with Crippen molar-refractivity contribution in [3.63, 3.8) is 0 Å². The summed E-state index contributed by atoms with van der Waals surface area (Å²) >= 11 is 0. The summed E-state index contributed by atoms with van der Waals surface area (Å²) in [4.78, 5) is 99.9. The van der Waals surface area contributed by atoms with Gasteiger partial charge in [-0.05, 0) is 6.42 Å². The number of ether oxygens (including phenoxy) is 2. The van der Waals surface area contributed by atoms with Gasteiger partial charge in [-0.25, -0.2) is 56.2 Å². The zero-order valence-corrected chi connectivity index (χ0v) is 22.9. The molecule has 0 aliphatic heterocycles. The predicted octanol–water partition coefficient (Wildman–Crippen LogP) is -4.36. The van der Waals surface area contributed by atoms with Gasteiger partial charge in [0.2, 0.25) is 0 Å². The molecular formula is C23H34N6O12. The first kappa shape index (κ1) is 32.9. The van der Waals surface area contributed by atoms with Crippen molar-refractivity contribution in [2.24, 2.45) is 0 Å². The number of nitrogens with zero attached hydrogens (tertiary/aromatic N) is 6. The molecule has 0 aliphatic rings. The van der Waals surface area contributed by atoms with Gasteiger partial charge in [0, 0.05) is 19.6 Å². The van der Waals surface area contributed by atoms with Gasteiger partial charge in [-0.3, -0.25) is 9.59 Å². The largest absolute Gasteiger partial charge is 0.469 e. The first-order valence-electron chi connectivity index (χ1n) is 12.9. The minimum Gasteiger partial charge on any atom is -0.469 e. The van der Waals surface area contributed by atoms with Crippen LogP contribution in [0.25, 0.3) is 0 Å². The van der Waals surface area contributed by atoms with Gasteiger partial charge in [-0.2, -0.15) is 0 Å². The van der Waals surface area contributed by atoms with Gasteiger partial charge in [-0.1, -0.05) is 13.3 Å². The Hall–Kier alpha value is -4.32. The molecule has 0 fully saturated rings. The highest BCUT2D eigenvalue weighted by Crippen LogP contribution is 1.93. The fourth-order valence-corrected chi connectivity index (χ4v) is 3.86. The Morgan fingerprint density at radius 1 is 0.585 bits per heavy atom. The fourth-order valence-electron chi connectivity index (χ4n) is 3.86. The number of aliphatic hydroxyl groups excluding tert-OH is 2. The van der Waals surface area contributed by atoms with Crippen molar-refractivity contribution in [3.8, 4) is 0 Å². The van der Waals surface area contributed by atoms with Crippen LogP contribution in [0.5, 0.6) is 0 Å². The van der Waals surface area contributed by atoms with Gasteiger partial charge >= 0.3 is 46.1 Å². The molecule has 18 nitrogen and oxygen atoms in total. The minimum absolute atomic E-state index is 0.0120. The predicted molar refractivity (Wildman–Crippen MR) is 140 cm³/mol. The van der Waals surface area contributed by atoms with Crippen LogP contribution in [0, 0.1) is 0 Å². The molecule has 0 bridgehead atoms. The third-order valence-electron chi connectivity index (χ3n) is 6.04. The van der Waals surface area contributed by atoms with Crippen molar-refractivity contribution in [1.82, 2.24) is 27.4 Å². The quantitative estimate of drug-likeness (QED) is 0.178. The van der Waals surface area contributed by atoms with Gasteiger partial charge in [0.15, 0.2) is 0 Å². The monoisotopic (exact) mass is 586 g/mol. The maximum Gasteiger partial charge on any atom is 0.336 e. The SMILES string of the molecule is CCCCn1c(=O)n(CCC(=O)OC)c(=O)n(CCC(=O)OCCn2c(=O)n(CCO)c(=O)n(CCO)c2=O)c1=O. The highest BCUT2D eigenvalue weighted by atomic mass is 16.5. The van der Waals surface area contributed by atoms with E-state index < -0.39 is 98.5 Å². The number of hydrogen-bond donors (Lipinski definition) is 2. The molecule has 18 heteroatoms. The molecule has 41 heavy (non-hydrogen) atoms. The highest BCUT2D eigenvalue weighted by Gasteiger charge is 2.18. The molecule has 0 saturated carbocycles. The summed E-state index contributed by atoms with van der Waals surface area (Å²) in [5, 5.41) is 18.3. The fraction of sp³-hybridized carbons (Fsp3) is 0.652. The summed E-state index contributed by atoms with van der Waals surface area (Å²) in [5.41, 5.74) is -5.96. The van der Waals surface area contributed by atoms with Crippen LogP contribution in [0.15, 0.2) is 28.8 Å². The Bertz CT molecular complexity index is 1540. The van der Waals surface area contributed by atoms with Crippen LogP contribution in [-0.4, -0.2) is 76.5 Å². The Morgan fingerprint density at radius 3 is 1.34 bits per heavy atom. The van der Waals surface area contributed by atoms with Crippen LogP contribution in [0.2, 0.25) is 0 Å². The van der Waals surface area contributed by atoms with E-state index in [2.05, 4.69) is 4.74 Å². The number of carbonyl (C=O) groups excluding carboxylic acids is 2. The van der Waals surface area contributed by atoms with Crippen LogP contribution < -0.4 is 34.1 Å². The molecular weight excluding hydrogens is 552 g/mol. The van der Waals surface area contributed by atoms with Gasteiger partial charge in [0.05, 0.1) is 52.8 Å². The lowest BCUT2D eigenvalue weighted by Gasteiger charge is -2.14.